The van der Waals surface area contributed by atoms with Crippen molar-refractivity contribution in [3.8, 4) is 0 Å². The molecule has 0 bridgehead atoms. The topological polar surface area (TPSA) is 35.5 Å². The Balaban J connectivity index is 1.77. The number of hydrogen-bond donors (Lipinski definition) is 0. The number of fused-ring (bicyclic) bond motifs is 1. The average molecular weight is 268 g/mol. The van der Waals surface area contributed by atoms with Crippen LogP contribution < -0.4 is 0 Å². The van der Waals surface area contributed by atoms with Gasteiger partial charge in [0.1, 0.15) is 6.10 Å². The highest BCUT2D eigenvalue weighted by molar-refractivity contribution is 5.69. The molecule has 0 amide bonds. The summed E-state index contributed by atoms with van der Waals surface area (Å²) < 4.78 is 11.4. The van der Waals surface area contributed by atoms with Crippen molar-refractivity contribution in [2.75, 3.05) is 6.61 Å². The average Bonchev–Trinajstić information content (AvgIpc) is 2.70. The lowest BCUT2D eigenvalue weighted by Crippen LogP contribution is -2.61. The molecule has 2 aliphatic rings. The summed E-state index contributed by atoms with van der Waals surface area (Å²) in [6, 6.07) is 0. The van der Waals surface area contributed by atoms with E-state index in [4.69, 9.17) is 9.47 Å². The first kappa shape index (κ1) is 14.8. The van der Waals surface area contributed by atoms with Crippen LogP contribution in [0.1, 0.15) is 60.3 Å². The maximum Gasteiger partial charge on any atom is 0.306 e. The van der Waals surface area contributed by atoms with Crippen molar-refractivity contribution in [2.24, 2.45) is 16.7 Å². The van der Waals surface area contributed by atoms with E-state index in [1.165, 1.54) is 0 Å². The lowest BCUT2D eigenvalue weighted by atomic mass is 9.59. The highest BCUT2D eigenvalue weighted by Crippen LogP contribution is 2.53. The summed E-state index contributed by atoms with van der Waals surface area (Å²) in [6.45, 7) is 11.7. The third-order valence-electron chi connectivity index (χ3n) is 4.56. The summed E-state index contributed by atoms with van der Waals surface area (Å²) in [5.41, 5.74) is 0.279. The molecule has 3 atom stereocenters. The molecule has 1 saturated carbocycles. The maximum absolute atomic E-state index is 11.9. The normalized spacial score (nSPS) is 32.6. The molecule has 2 fully saturated rings. The molecule has 0 aromatic rings. The summed E-state index contributed by atoms with van der Waals surface area (Å²) in [4.78, 5) is 11.9. The van der Waals surface area contributed by atoms with E-state index in [1.54, 1.807) is 0 Å². The number of esters is 1. The molecular formula is C16H28O3. The minimum absolute atomic E-state index is 0.0130. The molecule has 1 saturated heterocycles. The lowest BCUT2D eigenvalue weighted by molar-refractivity contribution is -0.210. The monoisotopic (exact) mass is 268 g/mol. The number of ether oxygens (including phenoxy) is 2. The van der Waals surface area contributed by atoms with Crippen molar-refractivity contribution >= 4 is 5.97 Å². The molecule has 1 aliphatic carbocycles. The van der Waals surface area contributed by atoms with Crippen LogP contribution in [0.25, 0.3) is 0 Å². The van der Waals surface area contributed by atoms with Gasteiger partial charge in [0, 0.05) is 24.4 Å². The molecule has 0 spiro atoms. The third kappa shape index (κ3) is 3.13. The molecule has 0 aromatic carbocycles. The number of carbonyl (C=O) groups is 1. The Labute approximate surface area is 117 Å². The van der Waals surface area contributed by atoms with Crippen molar-refractivity contribution in [1.82, 2.24) is 0 Å². The zero-order chi connectivity index (χ0) is 14.3. The Morgan fingerprint density at radius 2 is 2.05 bits per heavy atom. The van der Waals surface area contributed by atoms with Crippen molar-refractivity contribution in [2.45, 2.75) is 72.5 Å². The second kappa shape index (κ2) is 5.08. The maximum atomic E-state index is 11.9. The van der Waals surface area contributed by atoms with Crippen LogP contribution in [0.2, 0.25) is 0 Å². The first-order valence-electron chi connectivity index (χ1n) is 7.53. The molecule has 0 radical (unpaired) electrons. The van der Waals surface area contributed by atoms with Crippen LogP contribution in [-0.2, 0) is 14.3 Å². The highest BCUT2D eigenvalue weighted by atomic mass is 16.6. The Hall–Kier alpha value is -0.570. The molecule has 1 aliphatic heterocycles. The fraction of sp³-hybridized carbons (Fsp3) is 0.938. The van der Waals surface area contributed by atoms with E-state index in [0.29, 0.717) is 23.9 Å². The van der Waals surface area contributed by atoms with Crippen molar-refractivity contribution in [3.05, 3.63) is 0 Å². The van der Waals surface area contributed by atoms with Crippen LogP contribution in [0, 0.1) is 16.7 Å². The van der Waals surface area contributed by atoms with E-state index in [9.17, 15) is 4.79 Å². The summed E-state index contributed by atoms with van der Waals surface area (Å²) in [5.74, 6) is 0.397. The van der Waals surface area contributed by atoms with Gasteiger partial charge in [-0.1, -0.05) is 34.6 Å². The predicted molar refractivity (Wildman–Crippen MR) is 74.8 cm³/mol. The summed E-state index contributed by atoms with van der Waals surface area (Å²) in [7, 11) is 0. The molecular weight excluding hydrogens is 240 g/mol. The van der Waals surface area contributed by atoms with Gasteiger partial charge < -0.3 is 9.47 Å². The minimum Gasteiger partial charge on any atom is -0.461 e. The lowest BCUT2D eigenvalue weighted by Gasteiger charge is -2.53. The van der Waals surface area contributed by atoms with Gasteiger partial charge in [-0.3, -0.25) is 4.79 Å². The fourth-order valence-electron chi connectivity index (χ4n) is 3.48. The molecule has 3 unspecified atom stereocenters. The summed E-state index contributed by atoms with van der Waals surface area (Å²) >= 11 is 0. The van der Waals surface area contributed by atoms with Crippen LogP contribution in [-0.4, -0.2) is 24.8 Å². The first-order valence-corrected chi connectivity index (χ1v) is 7.53. The molecule has 0 aromatic heterocycles. The van der Waals surface area contributed by atoms with E-state index in [2.05, 4.69) is 34.6 Å². The van der Waals surface area contributed by atoms with E-state index < -0.39 is 0 Å². The Morgan fingerprint density at radius 3 is 2.68 bits per heavy atom. The SMILES string of the molecule is CC(C)(C)CCCC(=O)OC1C2CCOC2C1(C)C. The predicted octanol–water partition coefficient (Wildman–Crippen LogP) is 3.56. The van der Waals surface area contributed by atoms with Crippen molar-refractivity contribution in [1.29, 1.82) is 0 Å². The van der Waals surface area contributed by atoms with Crippen LogP contribution in [0.15, 0.2) is 0 Å². The van der Waals surface area contributed by atoms with E-state index in [1.807, 2.05) is 0 Å². The summed E-state index contributed by atoms with van der Waals surface area (Å²) in [5, 5.41) is 0. The zero-order valence-electron chi connectivity index (χ0n) is 13.0. The molecule has 19 heavy (non-hydrogen) atoms. The van der Waals surface area contributed by atoms with Crippen LogP contribution in [0.3, 0.4) is 0 Å². The van der Waals surface area contributed by atoms with Gasteiger partial charge in [0.15, 0.2) is 0 Å². The molecule has 3 nitrogen and oxygen atoms in total. The van der Waals surface area contributed by atoms with Gasteiger partial charge in [-0.2, -0.15) is 0 Å². The Morgan fingerprint density at radius 1 is 1.37 bits per heavy atom. The minimum atomic E-state index is -0.0346. The van der Waals surface area contributed by atoms with E-state index >= 15 is 0 Å². The van der Waals surface area contributed by atoms with E-state index in [-0.39, 0.29) is 17.5 Å². The molecule has 2 rings (SSSR count). The third-order valence-corrected chi connectivity index (χ3v) is 4.56. The van der Waals surface area contributed by atoms with Gasteiger partial charge >= 0.3 is 5.97 Å². The van der Waals surface area contributed by atoms with Gasteiger partial charge in [0.2, 0.25) is 0 Å². The van der Waals surface area contributed by atoms with Crippen molar-refractivity contribution < 1.29 is 14.3 Å². The molecule has 1 heterocycles. The molecule has 110 valence electrons. The fourth-order valence-corrected chi connectivity index (χ4v) is 3.48. The summed E-state index contributed by atoms with van der Waals surface area (Å²) in [6.07, 6.45) is 3.91. The second-order valence-corrected chi connectivity index (χ2v) is 7.89. The van der Waals surface area contributed by atoms with Gasteiger partial charge in [-0.25, -0.2) is 0 Å². The number of rotatable bonds is 4. The number of hydrogen-bond acceptors (Lipinski definition) is 3. The standard InChI is InChI=1S/C16H28O3/c1-15(2,3)9-6-7-12(17)19-14-11-8-10-18-13(11)16(14,4)5/h11,13-14H,6-10H2,1-5H3. The van der Waals surface area contributed by atoms with Gasteiger partial charge in [0.25, 0.3) is 0 Å². The number of carbonyl (C=O) groups excluding carboxylic acids is 1. The van der Waals surface area contributed by atoms with Crippen molar-refractivity contribution in [3.63, 3.8) is 0 Å². The second-order valence-electron chi connectivity index (χ2n) is 7.89. The van der Waals surface area contributed by atoms with Gasteiger partial charge in [-0.15, -0.1) is 0 Å². The first-order chi connectivity index (χ1) is 8.72. The Bertz CT molecular complexity index is 340. The quantitative estimate of drug-likeness (QED) is 0.731. The molecule has 0 N–H and O–H groups in total. The smallest absolute Gasteiger partial charge is 0.306 e. The Kier molecular flexibility index (Phi) is 3.97. The van der Waals surface area contributed by atoms with Crippen LogP contribution >= 0.6 is 0 Å². The largest absolute Gasteiger partial charge is 0.461 e. The van der Waals surface area contributed by atoms with Gasteiger partial charge in [-0.05, 0) is 24.7 Å². The molecule has 3 heteroatoms. The van der Waals surface area contributed by atoms with Crippen LogP contribution in [0.5, 0.6) is 0 Å². The van der Waals surface area contributed by atoms with E-state index in [0.717, 1.165) is 25.9 Å². The van der Waals surface area contributed by atoms with Gasteiger partial charge in [0.05, 0.1) is 6.10 Å². The highest BCUT2D eigenvalue weighted by Gasteiger charge is 2.61. The zero-order valence-corrected chi connectivity index (χ0v) is 13.0. The van der Waals surface area contributed by atoms with Crippen LogP contribution in [0.4, 0.5) is 0 Å².